The fourth-order valence-corrected chi connectivity index (χ4v) is 2.05. The van der Waals surface area contributed by atoms with Crippen LogP contribution in [-0.2, 0) is 17.6 Å². The molecule has 0 atom stereocenters. The second kappa shape index (κ2) is 6.75. The summed E-state index contributed by atoms with van der Waals surface area (Å²) in [5, 5.41) is 0. The molecular weight excluding hydrogens is 252 g/mol. The Bertz CT molecular complexity index is 576. The highest BCUT2D eigenvalue weighted by molar-refractivity contribution is 5.69. The zero-order valence-electron chi connectivity index (χ0n) is 11.8. The van der Waals surface area contributed by atoms with E-state index in [1.165, 1.54) is 12.5 Å². The summed E-state index contributed by atoms with van der Waals surface area (Å²) in [5.41, 5.74) is 2.37. The summed E-state index contributed by atoms with van der Waals surface area (Å²) >= 11 is 0. The standard InChI is InChI=1S/C17H18O3/c1-13(18)20-17-11-15(10-16(12-17)19-2)9-8-14-6-4-3-5-7-14/h3-7,10-12H,8-9H2,1-2H3. The van der Waals surface area contributed by atoms with Gasteiger partial charge in [0.25, 0.3) is 0 Å². The lowest BCUT2D eigenvalue weighted by molar-refractivity contribution is -0.131. The molecule has 0 amide bonds. The Labute approximate surface area is 119 Å². The molecule has 0 fully saturated rings. The topological polar surface area (TPSA) is 35.5 Å². The van der Waals surface area contributed by atoms with Crippen molar-refractivity contribution in [3.63, 3.8) is 0 Å². The van der Waals surface area contributed by atoms with Crippen LogP contribution in [0.1, 0.15) is 18.1 Å². The van der Waals surface area contributed by atoms with Crippen molar-refractivity contribution < 1.29 is 14.3 Å². The summed E-state index contributed by atoms with van der Waals surface area (Å²) in [6.07, 6.45) is 1.81. The third-order valence-corrected chi connectivity index (χ3v) is 2.98. The molecule has 0 saturated carbocycles. The predicted octanol–water partition coefficient (Wildman–Crippen LogP) is 3.41. The number of methoxy groups -OCH3 is 1. The van der Waals surface area contributed by atoms with Crippen LogP contribution < -0.4 is 9.47 Å². The molecule has 0 heterocycles. The molecule has 20 heavy (non-hydrogen) atoms. The first-order valence-corrected chi connectivity index (χ1v) is 6.57. The van der Waals surface area contributed by atoms with Crippen LogP contribution in [0.15, 0.2) is 48.5 Å². The van der Waals surface area contributed by atoms with E-state index < -0.39 is 0 Å². The van der Waals surface area contributed by atoms with E-state index >= 15 is 0 Å². The van der Waals surface area contributed by atoms with Crippen molar-refractivity contribution in [1.29, 1.82) is 0 Å². The Hall–Kier alpha value is -2.29. The fraction of sp³-hybridized carbons (Fsp3) is 0.235. The van der Waals surface area contributed by atoms with E-state index in [0.717, 1.165) is 18.4 Å². The van der Waals surface area contributed by atoms with Gasteiger partial charge in [0.1, 0.15) is 11.5 Å². The number of carbonyl (C=O) groups excluding carboxylic acids is 1. The van der Waals surface area contributed by atoms with Crippen molar-refractivity contribution in [2.75, 3.05) is 7.11 Å². The van der Waals surface area contributed by atoms with Gasteiger partial charge in [-0.15, -0.1) is 0 Å². The average molecular weight is 270 g/mol. The number of benzene rings is 2. The predicted molar refractivity (Wildman–Crippen MR) is 78.2 cm³/mol. The molecule has 0 spiro atoms. The van der Waals surface area contributed by atoms with E-state index in [0.29, 0.717) is 11.5 Å². The highest BCUT2D eigenvalue weighted by Crippen LogP contribution is 2.24. The number of aryl methyl sites for hydroxylation is 2. The Balaban J connectivity index is 2.12. The van der Waals surface area contributed by atoms with E-state index in [2.05, 4.69) is 12.1 Å². The van der Waals surface area contributed by atoms with Crippen molar-refractivity contribution >= 4 is 5.97 Å². The molecule has 3 heteroatoms. The van der Waals surface area contributed by atoms with Crippen molar-refractivity contribution in [2.24, 2.45) is 0 Å². The third-order valence-electron chi connectivity index (χ3n) is 2.98. The van der Waals surface area contributed by atoms with Gasteiger partial charge in [-0.1, -0.05) is 30.3 Å². The summed E-state index contributed by atoms with van der Waals surface area (Å²) in [7, 11) is 1.61. The molecule has 104 valence electrons. The molecule has 0 aliphatic carbocycles. The largest absolute Gasteiger partial charge is 0.497 e. The summed E-state index contributed by atoms with van der Waals surface area (Å²) < 4.78 is 10.4. The van der Waals surface area contributed by atoms with Crippen LogP contribution >= 0.6 is 0 Å². The van der Waals surface area contributed by atoms with Crippen molar-refractivity contribution in [3.8, 4) is 11.5 Å². The first-order chi connectivity index (χ1) is 9.67. The highest BCUT2D eigenvalue weighted by atomic mass is 16.5. The lowest BCUT2D eigenvalue weighted by Gasteiger charge is -2.09. The average Bonchev–Trinajstić information content (AvgIpc) is 2.45. The van der Waals surface area contributed by atoms with Crippen LogP contribution in [0.3, 0.4) is 0 Å². The highest BCUT2D eigenvalue weighted by Gasteiger charge is 2.05. The van der Waals surface area contributed by atoms with Crippen LogP contribution in [0.2, 0.25) is 0 Å². The first-order valence-electron chi connectivity index (χ1n) is 6.57. The zero-order chi connectivity index (χ0) is 14.4. The lowest BCUT2D eigenvalue weighted by atomic mass is 10.0. The molecule has 0 aliphatic heterocycles. The minimum Gasteiger partial charge on any atom is -0.497 e. The van der Waals surface area contributed by atoms with Gasteiger partial charge in [0, 0.05) is 13.0 Å². The fourth-order valence-electron chi connectivity index (χ4n) is 2.05. The van der Waals surface area contributed by atoms with Crippen LogP contribution in [0.5, 0.6) is 11.5 Å². The first kappa shape index (κ1) is 14.1. The van der Waals surface area contributed by atoms with Crippen LogP contribution in [0, 0.1) is 0 Å². The minimum atomic E-state index is -0.327. The van der Waals surface area contributed by atoms with Crippen LogP contribution in [0.25, 0.3) is 0 Å². The molecule has 2 aromatic rings. The van der Waals surface area contributed by atoms with Crippen LogP contribution in [0.4, 0.5) is 0 Å². The van der Waals surface area contributed by atoms with Crippen molar-refractivity contribution in [1.82, 2.24) is 0 Å². The van der Waals surface area contributed by atoms with Gasteiger partial charge in [0.2, 0.25) is 0 Å². The van der Waals surface area contributed by atoms with E-state index in [-0.39, 0.29) is 5.97 Å². The molecule has 3 nitrogen and oxygen atoms in total. The van der Waals surface area contributed by atoms with E-state index in [9.17, 15) is 4.79 Å². The van der Waals surface area contributed by atoms with Crippen molar-refractivity contribution in [2.45, 2.75) is 19.8 Å². The van der Waals surface area contributed by atoms with Crippen LogP contribution in [-0.4, -0.2) is 13.1 Å². The van der Waals surface area contributed by atoms with Gasteiger partial charge < -0.3 is 9.47 Å². The number of hydrogen-bond donors (Lipinski definition) is 0. The quantitative estimate of drug-likeness (QED) is 0.617. The van der Waals surface area contributed by atoms with E-state index in [4.69, 9.17) is 9.47 Å². The van der Waals surface area contributed by atoms with Gasteiger partial charge >= 0.3 is 5.97 Å². The number of rotatable bonds is 5. The van der Waals surface area contributed by atoms with Gasteiger partial charge in [-0.3, -0.25) is 4.79 Å². The second-order valence-corrected chi connectivity index (χ2v) is 4.60. The Morgan fingerprint density at radius 1 is 0.950 bits per heavy atom. The second-order valence-electron chi connectivity index (χ2n) is 4.60. The molecule has 0 N–H and O–H groups in total. The number of hydrogen-bond acceptors (Lipinski definition) is 3. The van der Waals surface area contributed by atoms with E-state index in [1.807, 2.05) is 30.3 Å². The van der Waals surface area contributed by atoms with Gasteiger partial charge in [0.15, 0.2) is 0 Å². The monoisotopic (exact) mass is 270 g/mol. The summed E-state index contributed by atoms with van der Waals surface area (Å²) in [6.45, 7) is 1.39. The molecule has 2 aromatic carbocycles. The normalized spacial score (nSPS) is 10.1. The molecule has 0 aliphatic rings. The van der Waals surface area contributed by atoms with Crippen molar-refractivity contribution in [3.05, 3.63) is 59.7 Å². The number of ether oxygens (including phenoxy) is 2. The Morgan fingerprint density at radius 3 is 2.25 bits per heavy atom. The maximum Gasteiger partial charge on any atom is 0.308 e. The molecule has 0 aromatic heterocycles. The Kier molecular flexibility index (Phi) is 4.77. The van der Waals surface area contributed by atoms with E-state index in [1.54, 1.807) is 13.2 Å². The zero-order valence-corrected chi connectivity index (χ0v) is 11.8. The molecule has 0 radical (unpaired) electrons. The minimum absolute atomic E-state index is 0.327. The molecule has 2 rings (SSSR count). The molecule has 0 saturated heterocycles. The van der Waals surface area contributed by atoms with Gasteiger partial charge in [-0.2, -0.15) is 0 Å². The summed E-state index contributed by atoms with van der Waals surface area (Å²) in [4.78, 5) is 11.0. The van der Waals surface area contributed by atoms with Gasteiger partial charge in [-0.05, 0) is 36.1 Å². The summed E-state index contributed by atoms with van der Waals surface area (Å²) in [5.74, 6) is 0.902. The molecule has 0 unspecified atom stereocenters. The Morgan fingerprint density at radius 2 is 1.60 bits per heavy atom. The maximum absolute atomic E-state index is 11.0. The lowest BCUT2D eigenvalue weighted by Crippen LogP contribution is -2.02. The van der Waals surface area contributed by atoms with Gasteiger partial charge in [-0.25, -0.2) is 0 Å². The third kappa shape index (κ3) is 4.12. The number of esters is 1. The van der Waals surface area contributed by atoms with Gasteiger partial charge in [0.05, 0.1) is 7.11 Å². The summed E-state index contributed by atoms with van der Waals surface area (Å²) in [6, 6.07) is 15.8. The molecular formula is C17H18O3. The maximum atomic E-state index is 11.0. The number of carbonyl (C=O) groups is 1. The molecule has 0 bridgehead atoms. The smallest absolute Gasteiger partial charge is 0.308 e. The SMILES string of the molecule is COc1cc(CCc2ccccc2)cc(OC(C)=O)c1.